The van der Waals surface area contributed by atoms with Crippen LogP contribution in [0.4, 0.5) is 0 Å². The minimum Gasteiger partial charge on any atom is -0.457 e. The van der Waals surface area contributed by atoms with Gasteiger partial charge in [-0.1, -0.05) is 6.07 Å². The van der Waals surface area contributed by atoms with Crippen molar-refractivity contribution in [2.24, 2.45) is 0 Å². The van der Waals surface area contributed by atoms with Crippen LogP contribution in [-0.2, 0) is 16.9 Å². The summed E-state index contributed by atoms with van der Waals surface area (Å²) < 4.78 is 17.9. The van der Waals surface area contributed by atoms with E-state index in [2.05, 4.69) is 6.07 Å². The van der Waals surface area contributed by atoms with Gasteiger partial charge < -0.3 is 13.9 Å². The van der Waals surface area contributed by atoms with Crippen molar-refractivity contribution in [2.45, 2.75) is 25.2 Å². The van der Waals surface area contributed by atoms with E-state index >= 15 is 0 Å². The third-order valence-corrected chi connectivity index (χ3v) is 5.54. The molecule has 2 bridgehead atoms. The molecule has 0 saturated heterocycles. The Bertz CT molecular complexity index is 1130. The number of hydrogen-bond donors (Lipinski definition) is 0. The fourth-order valence-electron chi connectivity index (χ4n) is 3.71. The number of thiophene rings is 1. The first-order chi connectivity index (χ1) is 12.6. The maximum absolute atomic E-state index is 12.5. The molecule has 2 aromatic heterocycles. The lowest BCUT2D eigenvalue weighted by atomic mass is 9.85. The molecule has 4 heterocycles. The molecule has 128 valence electrons. The molecule has 0 aliphatic carbocycles. The van der Waals surface area contributed by atoms with Crippen LogP contribution >= 0.6 is 11.3 Å². The third-order valence-electron chi connectivity index (χ3n) is 4.86. The van der Waals surface area contributed by atoms with Crippen LogP contribution in [0.2, 0.25) is 0 Å². The molecule has 2 aliphatic heterocycles. The molecular weight excluding hydrogens is 350 g/mol. The van der Waals surface area contributed by atoms with E-state index in [1.165, 1.54) is 0 Å². The lowest BCUT2D eigenvalue weighted by Gasteiger charge is -2.45. The van der Waals surface area contributed by atoms with Gasteiger partial charge in [-0.25, -0.2) is 4.79 Å². The van der Waals surface area contributed by atoms with Gasteiger partial charge in [-0.2, -0.15) is 16.6 Å². The highest BCUT2D eigenvalue weighted by Crippen LogP contribution is 2.51. The minimum atomic E-state index is -1.01. The minimum absolute atomic E-state index is 0.368. The van der Waals surface area contributed by atoms with Gasteiger partial charge in [-0.05, 0) is 41.6 Å². The summed E-state index contributed by atoms with van der Waals surface area (Å²) in [7, 11) is 0. The molecule has 5 rings (SSSR count). The van der Waals surface area contributed by atoms with Gasteiger partial charge in [0.25, 0.3) is 0 Å². The summed E-state index contributed by atoms with van der Waals surface area (Å²) in [5.41, 5.74) is 3.19. The summed E-state index contributed by atoms with van der Waals surface area (Å²) in [5.74, 6) is -0.0237. The van der Waals surface area contributed by atoms with Crippen molar-refractivity contribution in [2.75, 3.05) is 0 Å². The fourth-order valence-corrected chi connectivity index (χ4v) is 4.42. The van der Waals surface area contributed by atoms with E-state index in [1.807, 2.05) is 29.0 Å². The fraction of sp³-hybridized carbons (Fsp3) is 0.200. The van der Waals surface area contributed by atoms with Gasteiger partial charge in [0.15, 0.2) is 0 Å². The molecule has 5 nitrogen and oxygen atoms in total. The van der Waals surface area contributed by atoms with Crippen LogP contribution < -0.4 is 10.4 Å². The van der Waals surface area contributed by atoms with Gasteiger partial charge in [0.05, 0.1) is 11.6 Å². The van der Waals surface area contributed by atoms with Crippen LogP contribution in [0.3, 0.4) is 0 Å². The highest BCUT2D eigenvalue weighted by atomic mass is 32.1. The van der Waals surface area contributed by atoms with Crippen molar-refractivity contribution < 1.29 is 13.9 Å². The topological polar surface area (TPSA) is 72.5 Å². The molecule has 0 fully saturated rings. The molecule has 0 N–H and O–H groups in total. The Morgan fingerprint density at radius 3 is 2.96 bits per heavy atom. The Kier molecular flexibility index (Phi) is 3.14. The lowest BCUT2D eigenvalue weighted by molar-refractivity contribution is -0.238. The Morgan fingerprint density at radius 1 is 1.31 bits per heavy atom. The van der Waals surface area contributed by atoms with Crippen molar-refractivity contribution in [3.63, 3.8) is 0 Å². The molecule has 26 heavy (non-hydrogen) atoms. The lowest BCUT2D eigenvalue weighted by Crippen LogP contribution is -2.47. The first kappa shape index (κ1) is 15.4. The highest BCUT2D eigenvalue weighted by Gasteiger charge is 2.50. The number of benzene rings is 1. The van der Waals surface area contributed by atoms with Crippen molar-refractivity contribution in [1.82, 2.24) is 0 Å². The summed E-state index contributed by atoms with van der Waals surface area (Å²) >= 11 is 1.56. The summed E-state index contributed by atoms with van der Waals surface area (Å²) in [6.07, 6.45) is -0.129. The molecule has 6 heteroatoms. The van der Waals surface area contributed by atoms with Crippen LogP contribution in [-0.4, -0.2) is 0 Å². The number of aryl methyl sites for hydroxylation is 1. The van der Waals surface area contributed by atoms with E-state index in [-0.39, 0.29) is 0 Å². The highest BCUT2D eigenvalue weighted by molar-refractivity contribution is 7.08. The van der Waals surface area contributed by atoms with Gasteiger partial charge in [-0.3, -0.25) is 0 Å². The average Bonchev–Trinajstić information content (AvgIpc) is 3.15. The normalized spacial score (nSPS) is 22.7. The number of hydrogen-bond acceptors (Lipinski definition) is 6. The Labute approximate surface area is 153 Å². The number of nitrogens with zero attached hydrogens (tertiary/aromatic N) is 1. The van der Waals surface area contributed by atoms with Crippen molar-refractivity contribution in [3.8, 4) is 11.8 Å². The number of fused-ring (bicyclic) bond motifs is 6. The predicted octanol–water partition coefficient (Wildman–Crippen LogP) is 3.79. The molecule has 3 aromatic rings. The molecular formula is C20H13NO4S. The first-order valence-electron chi connectivity index (χ1n) is 8.17. The van der Waals surface area contributed by atoms with E-state index in [9.17, 15) is 10.1 Å². The summed E-state index contributed by atoms with van der Waals surface area (Å²) in [6.45, 7) is 1.72. The molecule has 0 saturated carbocycles. The maximum Gasteiger partial charge on any atom is 0.345 e. The SMILES string of the molecule is Cc1cc2c(c(=O)o1)C1OC(c3ccsc3)(Cc3cc(C#N)ccc31)O2. The number of ether oxygens (including phenoxy) is 2. The summed E-state index contributed by atoms with van der Waals surface area (Å²) in [5, 5.41) is 13.2. The third kappa shape index (κ3) is 2.08. The monoisotopic (exact) mass is 363 g/mol. The van der Waals surface area contributed by atoms with Crippen molar-refractivity contribution >= 4 is 11.3 Å². The predicted molar refractivity (Wildman–Crippen MR) is 94.1 cm³/mol. The second kappa shape index (κ2) is 5.31. The van der Waals surface area contributed by atoms with Crippen LogP contribution in [0.15, 0.2) is 50.3 Å². The second-order valence-electron chi connectivity index (χ2n) is 6.49. The molecule has 0 radical (unpaired) electrons. The Hall–Kier alpha value is -2.88. The molecule has 2 aliphatic rings. The van der Waals surface area contributed by atoms with Crippen LogP contribution in [0.1, 0.15) is 39.7 Å². The van der Waals surface area contributed by atoms with E-state index in [0.29, 0.717) is 29.1 Å². The van der Waals surface area contributed by atoms with Crippen molar-refractivity contribution in [1.29, 1.82) is 5.26 Å². The van der Waals surface area contributed by atoms with Crippen LogP contribution in [0.5, 0.6) is 5.75 Å². The van der Waals surface area contributed by atoms with Gasteiger partial charge in [0.1, 0.15) is 23.2 Å². The van der Waals surface area contributed by atoms with E-state index in [1.54, 1.807) is 30.4 Å². The number of nitriles is 1. The summed E-state index contributed by atoms with van der Waals surface area (Å²) in [6, 6.07) is 11.3. The van der Waals surface area contributed by atoms with Gasteiger partial charge in [0.2, 0.25) is 5.79 Å². The number of rotatable bonds is 1. The Morgan fingerprint density at radius 2 is 2.19 bits per heavy atom. The quantitative estimate of drug-likeness (QED) is 0.658. The zero-order valence-corrected chi connectivity index (χ0v) is 14.6. The van der Waals surface area contributed by atoms with Crippen LogP contribution in [0, 0.1) is 18.3 Å². The molecule has 0 spiro atoms. The Balaban J connectivity index is 1.81. The average molecular weight is 363 g/mol. The smallest absolute Gasteiger partial charge is 0.345 e. The van der Waals surface area contributed by atoms with Crippen LogP contribution in [0.25, 0.3) is 0 Å². The van der Waals surface area contributed by atoms with E-state index in [4.69, 9.17) is 13.9 Å². The molecule has 2 atom stereocenters. The summed E-state index contributed by atoms with van der Waals surface area (Å²) in [4.78, 5) is 12.5. The molecule has 2 unspecified atom stereocenters. The first-order valence-corrected chi connectivity index (χ1v) is 9.11. The standard InChI is InChI=1S/C20H13NO4S/c1-11-6-16-17(19(22)23-11)18-15-3-2-12(9-21)7-13(15)8-20(24-16,25-18)14-4-5-26-10-14/h2-7,10,18H,8H2,1H3. The maximum atomic E-state index is 12.5. The van der Waals surface area contributed by atoms with E-state index in [0.717, 1.165) is 16.7 Å². The molecule has 0 amide bonds. The zero-order chi connectivity index (χ0) is 17.9. The molecule has 1 aromatic carbocycles. The van der Waals surface area contributed by atoms with Gasteiger partial charge >= 0.3 is 5.63 Å². The zero-order valence-electron chi connectivity index (χ0n) is 13.8. The van der Waals surface area contributed by atoms with Gasteiger partial charge in [0, 0.05) is 23.4 Å². The van der Waals surface area contributed by atoms with Gasteiger partial charge in [-0.15, -0.1) is 0 Å². The largest absolute Gasteiger partial charge is 0.457 e. The van der Waals surface area contributed by atoms with E-state index < -0.39 is 17.5 Å². The second-order valence-corrected chi connectivity index (χ2v) is 7.27. The van der Waals surface area contributed by atoms with Crippen molar-refractivity contribution in [3.05, 3.63) is 85.1 Å².